The zero-order chi connectivity index (χ0) is 20.1. The fourth-order valence-corrected chi connectivity index (χ4v) is 3.68. The van der Waals surface area contributed by atoms with Crippen molar-refractivity contribution >= 4 is 11.8 Å². The molecule has 7 heteroatoms. The van der Waals surface area contributed by atoms with E-state index in [1.54, 1.807) is 12.1 Å². The Hall–Kier alpha value is -2.83. The molecule has 28 heavy (non-hydrogen) atoms. The average molecular weight is 390 g/mol. The zero-order valence-electron chi connectivity index (χ0n) is 15.2. The van der Waals surface area contributed by atoms with Crippen molar-refractivity contribution in [1.29, 1.82) is 0 Å². The third-order valence-corrected chi connectivity index (χ3v) is 5.23. The van der Waals surface area contributed by atoms with Crippen LogP contribution in [0.15, 0.2) is 42.5 Å². The molecule has 2 aromatic carbocycles. The molecule has 0 radical (unpaired) electrons. The molecule has 148 valence electrons. The second-order valence-corrected chi connectivity index (χ2v) is 7.08. The summed E-state index contributed by atoms with van der Waals surface area (Å²) in [5, 5.41) is 5.14. The van der Waals surface area contributed by atoms with Gasteiger partial charge in [0.05, 0.1) is 12.1 Å². The topological polar surface area (TPSA) is 58.2 Å². The van der Waals surface area contributed by atoms with Crippen molar-refractivity contribution in [3.05, 3.63) is 71.0 Å². The Kier molecular flexibility index (Phi) is 6.02. The molecule has 0 unspecified atom stereocenters. The third-order valence-electron chi connectivity index (χ3n) is 5.23. The van der Waals surface area contributed by atoms with Gasteiger partial charge >= 0.3 is 0 Å². The van der Waals surface area contributed by atoms with E-state index in [-0.39, 0.29) is 23.3 Å². The quantitative estimate of drug-likeness (QED) is 0.794. The van der Waals surface area contributed by atoms with Crippen LogP contribution in [0.1, 0.15) is 41.6 Å². The third kappa shape index (κ3) is 4.52. The number of hydrogen-bond acceptors (Lipinski definition) is 2. The molecule has 2 amide bonds. The Balaban J connectivity index is 1.56. The van der Waals surface area contributed by atoms with Crippen LogP contribution < -0.4 is 10.6 Å². The molecule has 3 rings (SSSR count). The molecule has 0 bridgehead atoms. The fraction of sp³-hybridized carbons (Fsp3) is 0.333. The number of benzene rings is 2. The first-order valence-electron chi connectivity index (χ1n) is 9.16. The molecular weight excluding hydrogens is 369 g/mol. The minimum absolute atomic E-state index is 0.254. The molecule has 1 fully saturated rings. The van der Waals surface area contributed by atoms with Crippen LogP contribution in [0.4, 0.5) is 13.2 Å². The maximum absolute atomic E-state index is 13.6. The lowest BCUT2D eigenvalue weighted by molar-refractivity contribution is -0.120. The van der Waals surface area contributed by atoms with E-state index in [1.807, 2.05) is 0 Å². The van der Waals surface area contributed by atoms with E-state index in [2.05, 4.69) is 10.6 Å². The largest absolute Gasteiger partial charge is 0.354 e. The summed E-state index contributed by atoms with van der Waals surface area (Å²) in [6, 6.07) is 8.92. The molecule has 1 saturated carbocycles. The van der Waals surface area contributed by atoms with E-state index in [0.29, 0.717) is 12.6 Å². The van der Waals surface area contributed by atoms with Gasteiger partial charge in [0.25, 0.3) is 5.91 Å². The number of amides is 2. The smallest absolute Gasteiger partial charge is 0.254 e. The lowest BCUT2D eigenvalue weighted by Crippen LogP contribution is -2.43. The van der Waals surface area contributed by atoms with Gasteiger partial charge in [0.1, 0.15) is 17.5 Å². The van der Waals surface area contributed by atoms with Crippen molar-refractivity contribution in [2.45, 2.75) is 31.1 Å². The van der Waals surface area contributed by atoms with Crippen LogP contribution in [0.2, 0.25) is 0 Å². The van der Waals surface area contributed by atoms with Gasteiger partial charge in [-0.25, -0.2) is 13.2 Å². The van der Waals surface area contributed by atoms with Gasteiger partial charge in [0, 0.05) is 18.0 Å². The average Bonchev–Trinajstić information content (AvgIpc) is 3.15. The number of rotatable bonds is 6. The first kappa shape index (κ1) is 19.9. The number of nitrogens with one attached hydrogen (secondary N) is 2. The van der Waals surface area contributed by atoms with Gasteiger partial charge < -0.3 is 10.6 Å². The number of hydrogen-bond donors (Lipinski definition) is 2. The summed E-state index contributed by atoms with van der Waals surface area (Å²) in [5.41, 5.74) is 0.396. The monoisotopic (exact) mass is 390 g/mol. The summed E-state index contributed by atoms with van der Waals surface area (Å²) < 4.78 is 39.8. The van der Waals surface area contributed by atoms with Gasteiger partial charge in [-0.2, -0.15) is 0 Å². The summed E-state index contributed by atoms with van der Waals surface area (Å²) in [6.45, 7) is 0.0490. The second kappa shape index (κ2) is 8.46. The van der Waals surface area contributed by atoms with Crippen molar-refractivity contribution in [3.63, 3.8) is 0 Å². The zero-order valence-corrected chi connectivity index (χ0v) is 15.2. The molecule has 1 aliphatic carbocycles. The fourth-order valence-electron chi connectivity index (χ4n) is 3.68. The van der Waals surface area contributed by atoms with Crippen LogP contribution >= 0.6 is 0 Å². The highest BCUT2D eigenvalue weighted by molar-refractivity contribution is 5.96. The molecule has 0 heterocycles. The van der Waals surface area contributed by atoms with E-state index in [4.69, 9.17) is 0 Å². The maximum Gasteiger partial charge on any atom is 0.254 e. The normalized spacial score (nSPS) is 15.2. The summed E-state index contributed by atoms with van der Waals surface area (Å²) in [7, 11) is 0. The number of halogens is 3. The molecular formula is C21H21F3N2O2. The predicted octanol–water partition coefficient (Wildman–Crippen LogP) is 3.46. The molecule has 0 aliphatic heterocycles. The minimum atomic E-state index is -0.987. The van der Waals surface area contributed by atoms with Crippen LogP contribution in [0, 0.1) is 17.5 Å². The van der Waals surface area contributed by atoms with Gasteiger partial charge in [0.2, 0.25) is 5.91 Å². The molecule has 2 N–H and O–H groups in total. The predicted molar refractivity (Wildman–Crippen MR) is 98.2 cm³/mol. The minimum Gasteiger partial charge on any atom is -0.354 e. The molecule has 1 aliphatic rings. The highest BCUT2D eigenvalue weighted by atomic mass is 19.1. The molecule has 0 atom stereocenters. The SMILES string of the molecule is O=C(CNC(=O)c1ccc(F)cc1F)NCC1(c2ccc(F)cc2)CCCC1. The maximum atomic E-state index is 13.6. The van der Waals surface area contributed by atoms with Crippen molar-refractivity contribution < 1.29 is 22.8 Å². The molecule has 2 aromatic rings. The summed E-state index contributed by atoms with van der Waals surface area (Å²) in [6.07, 6.45) is 3.81. The first-order chi connectivity index (χ1) is 13.4. The van der Waals surface area contributed by atoms with Gasteiger partial charge in [-0.05, 0) is 42.7 Å². The van der Waals surface area contributed by atoms with Crippen LogP contribution in [-0.4, -0.2) is 24.9 Å². The molecule has 0 saturated heterocycles. The van der Waals surface area contributed by atoms with Gasteiger partial charge in [-0.15, -0.1) is 0 Å². The summed E-state index contributed by atoms with van der Waals surface area (Å²) in [4.78, 5) is 24.1. The first-order valence-corrected chi connectivity index (χ1v) is 9.16. The standard InChI is InChI=1S/C21H21F3N2O2/c22-15-5-3-14(4-6-15)21(9-1-2-10-21)13-26-19(27)12-25-20(28)17-8-7-16(23)11-18(17)24/h3-8,11H,1-2,9-10,12-13H2,(H,25,28)(H,26,27). The van der Waals surface area contributed by atoms with Crippen LogP contribution in [0.25, 0.3) is 0 Å². The van der Waals surface area contributed by atoms with Gasteiger partial charge in [-0.1, -0.05) is 25.0 Å². The highest BCUT2D eigenvalue weighted by Crippen LogP contribution is 2.40. The molecule has 0 aromatic heterocycles. The number of carbonyl (C=O) groups excluding carboxylic acids is 2. The Morgan fingerprint density at radius 1 is 0.893 bits per heavy atom. The van der Waals surface area contributed by atoms with E-state index in [9.17, 15) is 22.8 Å². The summed E-state index contributed by atoms with van der Waals surface area (Å²) in [5.74, 6) is -3.28. The van der Waals surface area contributed by atoms with Crippen LogP contribution in [0.3, 0.4) is 0 Å². The lowest BCUT2D eigenvalue weighted by Gasteiger charge is -2.30. The van der Waals surface area contributed by atoms with Crippen molar-refractivity contribution in [1.82, 2.24) is 10.6 Å². The molecule has 4 nitrogen and oxygen atoms in total. The van der Waals surface area contributed by atoms with Crippen LogP contribution in [-0.2, 0) is 10.2 Å². The summed E-state index contributed by atoms with van der Waals surface area (Å²) >= 11 is 0. The van der Waals surface area contributed by atoms with E-state index in [0.717, 1.165) is 43.4 Å². The van der Waals surface area contributed by atoms with E-state index in [1.165, 1.54) is 12.1 Å². The van der Waals surface area contributed by atoms with Gasteiger partial charge in [0.15, 0.2) is 0 Å². The number of carbonyl (C=O) groups is 2. The van der Waals surface area contributed by atoms with E-state index < -0.39 is 23.4 Å². The van der Waals surface area contributed by atoms with E-state index >= 15 is 0 Å². The van der Waals surface area contributed by atoms with Crippen molar-refractivity contribution in [2.75, 3.05) is 13.1 Å². The molecule has 0 spiro atoms. The Morgan fingerprint density at radius 2 is 1.54 bits per heavy atom. The Morgan fingerprint density at radius 3 is 2.18 bits per heavy atom. The van der Waals surface area contributed by atoms with Crippen molar-refractivity contribution in [3.8, 4) is 0 Å². The highest BCUT2D eigenvalue weighted by Gasteiger charge is 2.35. The van der Waals surface area contributed by atoms with Gasteiger partial charge in [-0.3, -0.25) is 9.59 Å². The Bertz CT molecular complexity index is 862. The van der Waals surface area contributed by atoms with Crippen molar-refractivity contribution in [2.24, 2.45) is 0 Å². The Labute approximate surface area is 161 Å². The lowest BCUT2D eigenvalue weighted by atomic mass is 9.79. The van der Waals surface area contributed by atoms with Crippen LogP contribution in [0.5, 0.6) is 0 Å². The second-order valence-electron chi connectivity index (χ2n) is 7.08.